The zero-order chi connectivity index (χ0) is 11.8. The molecule has 0 bridgehead atoms. The maximum atomic E-state index is 11.4. The lowest BCUT2D eigenvalue weighted by atomic mass is 10.3. The van der Waals surface area contributed by atoms with Crippen LogP contribution in [0, 0.1) is 0 Å². The molecule has 0 radical (unpaired) electrons. The average molecular weight is 227 g/mol. The Morgan fingerprint density at radius 1 is 1.31 bits per heavy atom. The summed E-state index contributed by atoms with van der Waals surface area (Å²) in [5.41, 5.74) is 0. The van der Waals surface area contributed by atoms with E-state index in [-0.39, 0.29) is 5.91 Å². The zero-order valence-electron chi connectivity index (χ0n) is 10.6. The number of amides is 1. The fourth-order valence-electron chi connectivity index (χ4n) is 1.66. The molecule has 0 unspecified atom stereocenters. The van der Waals surface area contributed by atoms with Crippen LogP contribution in [0.3, 0.4) is 0 Å². The Kier molecular flexibility index (Phi) is 6.42. The SMILES string of the molecule is CCN(CC)CCCNC(=O)CNC1CC1. The Balaban J connectivity index is 1.90. The number of carbonyl (C=O) groups is 1. The lowest BCUT2D eigenvalue weighted by Crippen LogP contribution is -2.36. The van der Waals surface area contributed by atoms with Gasteiger partial charge in [0, 0.05) is 12.6 Å². The second-order valence-electron chi connectivity index (χ2n) is 4.39. The van der Waals surface area contributed by atoms with Gasteiger partial charge in [-0.1, -0.05) is 13.8 Å². The Morgan fingerprint density at radius 2 is 2.00 bits per heavy atom. The van der Waals surface area contributed by atoms with E-state index in [4.69, 9.17) is 0 Å². The highest BCUT2D eigenvalue weighted by atomic mass is 16.1. The normalized spacial score (nSPS) is 15.4. The topological polar surface area (TPSA) is 44.4 Å². The number of carbonyl (C=O) groups excluding carboxylic acids is 1. The molecule has 0 aromatic carbocycles. The smallest absolute Gasteiger partial charge is 0.233 e. The minimum absolute atomic E-state index is 0.131. The van der Waals surface area contributed by atoms with Gasteiger partial charge < -0.3 is 15.5 Å². The first-order valence-electron chi connectivity index (χ1n) is 6.48. The minimum Gasteiger partial charge on any atom is -0.355 e. The molecule has 4 nitrogen and oxygen atoms in total. The molecule has 0 atom stereocenters. The third-order valence-corrected chi connectivity index (χ3v) is 3.00. The molecule has 1 fully saturated rings. The van der Waals surface area contributed by atoms with E-state index in [2.05, 4.69) is 29.4 Å². The number of hydrogen-bond acceptors (Lipinski definition) is 3. The second-order valence-corrected chi connectivity index (χ2v) is 4.39. The van der Waals surface area contributed by atoms with Crippen LogP contribution in [0.2, 0.25) is 0 Å². The van der Waals surface area contributed by atoms with Gasteiger partial charge in [-0.15, -0.1) is 0 Å². The van der Waals surface area contributed by atoms with Crippen LogP contribution in [0.5, 0.6) is 0 Å². The van der Waals surface area contributed by atoms with Gasteiger partial charge in [0.1, 0.15) is 0 Å². The van der Waals surface area contributed by atoms with Crippen molar-refractivity contribution in [2.24, 2.45) is 0 Å². The molecule has 2 N–H and O–H groups in total. The molecular weight excluding hydrogens is 202 g/mol. The molecule has 0 aromatic rings. The predicted octanol–water partition coefficient (Wildman–Crippen LogP) is 0.587. The summed E-state index contributed by atoms with van der Waals surface area (Å²) in [7, 11) is 0. The van der Waals surface area contributed by atoms with Crippen LogP contribution in [0.25, 0.3) is 0 Å². The lowest BCUT2D eigenvalue weighted by molar-refractivity contribution is -0.120. The molecule has 1 aliphatic carbocycles. The van der Waals surface area contributed by atoms with Crippen LogP contribution in [0.1, 0.15) is 33.1 Å². The molecule has 16 heavy (non-hydrogen) atoms. The van der Waals surface area contributed by atoms with Crippen molar-refractivity contribution >= 4 is 5.91 Å². The highest BCUT2D eigenvalue weighted by Crippen LogP contribution is 2.17. The van der Waals surface area contributed by atoms with Gasteiger partial charge in [0.15, 0.2) is 0 Å². The molecular formula is C12H25N3O. The van der Waals surface area contributed by atoms with Gasteiger partial charge in [-0.05, 0) is 38.9 Å². The summed E-state index contributed by atoms with van der Waals surface area (Å²) in [6.45, 7) is 8.87. The lowest BCUT2D eigenvalue weighted by Gasteiger charge is -2.17. The van der Waals surface area contributed by atoms with Crippen LogP contribution < -0.4 is 10.6 Å². The fourth-order valence-corrected chi connectivity index (χ4v) is 1.66. The molecule has 94 valence electrons. The molecule has 0 spiro atoms. The molecule has 0 saturated heterocycles. The Bertz CT molecular complexity index is 200. The third-order valence-electron chi connectivity index (χ3n) is 3.00. The molecule has 0 aliphatic heterocycles. The summed E-state index contributed by atoms with van der Waals surface area (Å²) in [5, 5.41) is 6.15. The van der Waals surface area contributed by atoms with Crippen molar-refractivity contribution in [2.75, 3.05) is 32.7 Å². The number of hydrogen-bond donors (Lipinski definition) is 2. The largest absolute Gasteiger partial charge is 0.355 e. The van der Waals surface area contributed by atoms with Crippen molar-refractivity contribution in [2.45, 2.75) is 39.2 Å². The Morgan fingerprint density at radius 3 is 2.56 bits per heavy atom. The van der Waals surface area contributed by atoms with Gasteiger partial charge in [0.2, 0.25) is 5.91 Å². The van der Waals surface area contributed by atoms with E-state index >= 15 is 0 Å². The van der Waals surface area contributed by atoms with Gasteiger partial charge >= 0.3 is 0 Å². The maximum Gasteiger partial charge on any atom is 0.233 e. The van der Waals surface area contributed by atoms with Crippen LogP contribution >= 0.6 is 0 Å². The average Bonchev–Trinajstić information content (AvgIpc) is 3.10. The highest BCUT2D eigenvalue weighted by molar-refractivity contribution is 5.78. The fraction of sp³-hybridized carbons (Fsp3) is 0.917. The summed E-state index contributed by atoms with van der Waals surface area (Å²) < 4.78 is 0. The van der Waals surface area contributed by atoms with Crippen molar-refractivity contribution in [3.05, 3.63) is 0 Å². The van der Waals surface area contributed by atoms with Crippen LogP contribution in [0.15, 0.2) is 0 Å². The van der Waals surface area contributed by atoms with E-state index in [0.717, 1.165) is 32.6 Å². The van der Waals surface area contributed by atoms with Crippen molar-refractivity contribution < 1.29 is 4.79 Å². The zero-order valence-corrected chi connectivity index (χ0v) is 10.6. The first-order chi connectivity index (χ1) is 7.76. The molecule has 0 heterocycles. The van der Waals surface area contributed by atoms with Crippen molar-refractivity contribution in [3.63, 3.8) is 0 Å². The second kappa shape index (κ2) is 7.63. The first kappa shape index (κ1) is 13.5. The summed E-state index contributed by atoms with van der Waals surface area (Å²) in [5.74, 6) is 0.131. The van der Waals surface area contributed by atoms with Crippen LogP contribution in [-0.2, 0) is 4.79 Å². The Hall–Kier alpha value is -0.610. The van der Waals surface area contributed by atoms with Crippen molar-refractivity contribution in [1.29, 1.82) is 0 Å². The van der Waals surface area contributed by atoms with Crippen LogP contribution in [0.4, 0.5) is 0 Å². The highest BCUT2D eigenvalue weighted by Gasteiger charge is 2.20. The van der Waals surface area contributed by atoms with Gasteiger partial charge in [0.25, 0.3) is 0 Å². The van der Waals surface area contributed by atoms with E-state index in [0.29, 0.717) is 12.6 Å². The monoisotopic (exact) mass is 227 g/mol. The summed E-state index contributed by atoms with van der Waals surface area (Å²) in [4.78, 5) is 13.7. The van der Waals surface area contributed by atoms with E-state index in [1.54, 1.807) is 0 Å². The Labute approximate surface area is 98.8 Å². The maximum absolute atomic E-state index is 11.4. The molecule has 1 rings (SSSR count). The van der Waals surface area contributed by atoms with Crippen molar-refractivity contribution in [1.82, 2.24) is 15.5 Å². The van der Waals surface area contributed by atoms with Gasteiger partial charge in [-0.3, -0.25) is 4.79 Å². The summed E-state index contributed by atoms with van der Waals surface area (Å²) in [6, 6.07) is 0.612. The molecule has 1 saturated carbocycles. The van der Waals surface area contributed by atoms with E-state index in [9.17, 15) is 4.79 Å². The quantitative estimate of drug-likeness (QED) is 0.567. The van der Waals surface area contributed by atoms with Gasteiger partial charge in [0.05, 0.1) is 6.54 Å². The van der Waals surface area contributed by atoms with E-state index in [1.807, 2.05) is 0 Å². The first-order valence-corrected chi connectivity index (χ1v) is 6.48. The number of nitrogens with zero attached hydrogens (tertiary/aromatic N) is 1. The predicted molar refractivity (Wildman–Crippen MR) is 66.4 cm³/mol. The van der Waals surface area contributed by atoms with Gasteiger partial charge in [-0.25, -0.2) is 0 Å². The number of nitrogens with one attached hydrogen (secondary N) is 2. The molecule has 1 amide bonds. The molecule has 4 heteroatoms. The van der Waals surface area contributed by atoms with Crippen molar-refractivity contribution in [3.8, 4) is 0 Å². The van der Waals surface area contributed by atoms with Gasteiger partial charge in [-0.2, -0.15) is 0 Å². The van der Waals surface area contributed by atoms with E-state index < -0.39 is 0 Å². The number of rotatable bonds is 9. The van der Waals surface area contributed by atoms with Crippen LogP contribution in [-0.4, -0.2) is 49.6 Å². The molecule has 0 aromatic heterocycles. The standard InChI is InChI=1S/C12H25N3O/c1-3-15(4-2)9-5-8-13-12(16)10-14-11-6-7-11/h11,14H,3-10H2,1-2H3,(H,13,16). The third kappa shape index (κ3) is 6.08. The minimum atomic E-state index is 0.131. The summed E-state index contributed by atoms with van der Waals surface area (Å²) >= 11 is 0. The molecule has 1 aliphatic rings. The summed E-state index contributed by atoms with van der Waals surface area (Å²) in [6.07, 6.45) is 3.50. The van der Waals surface area contributed by atoms with E-state index in [1.165, 1.54) is 12.8 Å².